The number of rotatable bonds is 0. The molecule has 0 amide bonds. The average Bonchev–Trinajstić information content (AvgIpc) is 2.26. The molecular weight excluding hydrogens is 194 g/mol. The molecule has 1 heterocycles. The first-order valence-electron chi connectivity index (χ1n) is 4.90. The van der Waals surface area contributed by atoms with E-state index in [1.54, 1.807) is 0 Å². The van der Waals surface area contributed by atoms with Gasteiger partial charge in [-0.05, 0) is 49.9 Å². The van der Waals surface area contributed by atoms with E-state index in [2.05, 4.69) is 24.9 Å². The highest BCUT2D eigenvalue weighted by molar-refractivity contribution is 6.30. The normalized spacial score (nSPS) is 18.8. The molecular formula is C12H14ClN. The third-order valence-electron chi connectivity index (χ3n) is 2.67. The minimum absolute atomic E-state index is 0.0610. The van der Waals surface area contributed by atoms with Gasteiger partial charge in [0.15, 0.2) is 0 Å². The highest BCUT2D eigenvalue weighted by Crippen LogP contribution is 2.24. The fraction of sp³-hybridized carbons (Fsp3) is 0.417. The number of hydrogen-bond acceptors (Lipinski definition) is 1. The van der Waals surface area contributed by atoms with Gasteiger partial charge in [0.1, 0.15) is 0 Å². The zero-order valence-electron chi connectivity index (χ0n) is 8.55. The van der Waals surface area contributed by atoms with Crippen LogP contribution >= 0.6 is 11.6 Å². The topological polar surface area (TPSA) is 12.4 Å². The van der Waals surface area contributed by atoms with Crippen LogP contribution in [0.15, 0.2) is 23.2 Å². The fourth-order valence-corrected chi connectivity index (χ4v) is 1.84. The Kier molecular flexibility index (Phi) is 2.36. The van der Waals surface area contributed by atoms with Crippen LogP contribution in [-0.4, -0.2) is 11.8 Å². The van der Waals surface area contributed by atoms with E-state index in [0.29, 0.717) is 0 Å². The van der Waals surface area contributed by atoms with Crippen LogP contribution in [0.5, 0.6) is 0 Å². The number of aryl methyl sites for hydroxylation is 1. The van der Waals surface area contributed by atoms with E-state index in [9.17, 15) is 0 Å². The Morgan fingerprint density at radius 3 is 2.93 bits per heavy atom. The summed E-state index contributed by atoms with van der Waals surface area (Å²) < 4.78 is 0. The summed E-state index contributed by atoms with van der Waals surface area (Å²) in [6.07, 6.45) is 4.13. The van der Waals surface area contributed by atoms with E-state index in [-0.39, 0.29) is 5.54 Å². The van der Waals surface area contributed by atoms with Crippen LogP contribution in [0, 0.1) is 0 Å². The molecule has 14 heavy (non-hydrogen) atoms. The molecule has 0 fully saturated rings. The van der Waals surface area contributed by atoms with Crippen molar-refractivity contribution >= 4 is 17.8 Å². The third kappa shape index (κ3) is 1.98. The van der Waals surface area contributed by atoms with E-state index in [1.165, 1.54) is 11.1 Å². The Balaban J connectivity index is 2.42. The van der Waals surface area contributed by atoms with Gasteiger partial charge in [0.05, 0.1) is 5.54 Å². The number of fused-ring (bicyclic) bond motifs is 1. The van der Waals surface area contributed by atoms with Crippen LogP contribution in [0.2, 0.25) is 5.02 Å². The molecule has 1 aliphatic heterocycles. The van der Waals surface area contributed by atoms with Crippen LogP contribution in [0.25, 0.3) is 0 Å². The molecule has 0 atom stereocenters. The Bertz CT molecular complexity index is 380. The maximum Gasteiger partial charge on any atom is 0.0555 e. The molecule has 0 aromatic heterocycles. The second-order valence-corrected chi connectivity index (χ2v) is 4.85. The first-order chi connectivity index (χ1) is 6.57. The summed E-state index contributed by atoms with van der Waals surface area (Å²) in [7, 11) is 0. The lowest BCUT2D eigenvalue weighted by Gasteiger charge is -2.16. The van der Waals surface area contributed by atoms with Gasteiger partial charge in [-0.3, -0.25) is 4.99 Å². The lowest BCUT2D eigenvalue weighted by molar-refractivity contribution is 0.486. The fourth-order valence-electron chi connectivity index (χ4n) is 1.66. The second-order valence-electron chi connectivity index (χ2n) is 4.41. The second kappa shape index (κ2) is 3.39. The van der Waals surface area contributed by atoms with Crippen LogP contribution < -0.4 is 0 Å². The van der Waals surface area contributed by atoms with Crippen molar-refractivity contribution in [1.82, 2.24) is 0 Å². The van der Waals surface area contributed by atoms with Gasteiger partial charge in [0, 0.05) is 11.2 Å². The smallest absolute Gasteiger partial charge is 0.0555 e. The van der Waals surface area contributed by atoms with Gasteiger partial charge in [-0.1, -0.05) is 17.7 Å². The summed E-state index contributed by atoms with van der Waals surface area (Å²) in [5.41, 5.74) is 2.58. The highest BCUT2D eigenvalue weighted by atomic mass is 35.5. The van der Waals surface area contributed by atoms with Crippen molar-refractivity contribution < 1.29 is 0 Å². The summed E-state index contributed by atoms with van der Waals surface area (Å²) in [5, 5.41) is 0.787. The third-order valence-corrected chi connectivity index (χ3v) is 2.90. The molecule has 1 nitrogen and oxygen atoms in total. The summed E-state index contributed by atoms with van der Waals surface area (Å²) in [6, 6.07) is 6.04. The van der Waals surface area contributed by atoms with E-state index in [1.807, 2.05) is 18.3 Å². The molecule has 0 N–H and O–H groups in total. The first-order valence-corrected chi connectivity index (χ1v) is 5.28. The number of hydrogen-bond donors (Lipinski definition) is 0. The van der Waals surface area contributed by atoms with E-state index in [4.69, 9.17) is 11.6 Å². The van der Waals surface area contributed by atoms with Crippen molar-refractivity contribution in [2.75, 3.05) is 0 Å². The molecule has 0 spiro atoms. The monoisotopic (exact) mass is 207 g/mol. The Morgan fingerprint density at radius 1 is 1.36 bits per heavy atom. The van der Waals surface area contributed by atoms with Gasteiger partial charge >= 0.3 is 0 Å². The zero-order chi connectivity index (χ0) is 10.2. The number of aliphatic imine (C=N–C) groups is 1. The van der Waals surface area contributed by atoms with Crippen LogP contribution in [0.4, 0.5) is 0 Å². The quantitative estimate of drug-likeness (QED) is 0.618. The lowest BCUT2D eigenvalue weighted by atomic mass is 9.96. The van der Waals surface area contributed by atoms with Crippen molar-refractivity contribution in [3.63, 3.8) is 0 Å². The minimum Gasteiger partial charge on any atom is -0.286 e. The Labute approximate surface area is 89.8 Å². The predicted molar refractivity (Wildman–Crippen MR) is 61.4 cm³/mol. The molecule has 1 aromatic carbocycles. The molecule has 0 bridgehead atoms. The molecule has 0 unspecified atom stereocenters. The summed E-state index contributed by atoms with van der Waals surface area (Å²) in [4.78, 5) is 4.55. The van der Waals surface area contributed by atoms with Crippen LogP contribution in [-0.2, 0) is 6.42 Å². The Morgan fingerprint density at radius 2 is 2.14 bits per heavy atom. The van der Waals surface area contributed by atoms with Crippen molar-refractivity contribution in [2.45, 2.75) is 32.2 Å². The average molecular weight is 208 g/mol. The molecule has 74 valence electrons. The standard InChI is InChI=1S/C12H14ClN/c1-12(2)6-5-9-3-4-11(13)7-10(9)8-14-12/h3-4,7-8H,5-6H2,1-2H3. The van der Waals surface area contributed by atoms with Crippen LogP contribution in [0.3, 0.4) is 0 Å². The number of halogens is 1. The van der Waals surface area contributed by atoms with Gasteiger partial charge in [-0.2, -0.15) is 0 Å². The van der Waals surface area contributed by atoms with Gasteiger partial charge < -0.3 is 0 Å². The SMILES string of the molecule is CC1(C)CCc2ccc(Cl)cc2C=N1. The van der Waals surface area contributed by atoms with Crippen molar-refractivity contribution in [3.8, 4) is 0 Å². The molecule has 2 heteroatoms. The Hall–Kier alpha value is -0.820. The molecule has 1 aliphatic rings. The molecule has 0 saturated heterocycles. The number of nitrogens with zero attached hydrogens (tertiary/aromatic N) is 1. The molecule has 0 radical (unpaired) electrons. The van der Waals surface area contributed by atoms with Gasteiger partial charge in [-0.25, -0.2) is 0 Å². The maximum atomic E-state index is 5.94. The molecule has 0 aliphatic carbocycles. The van der Waals surface area contributed by atoms with Gasteiger partial charge in [0.2, 0.25) is 0 Å². The summed E-state index contributed by atoms with van der Waals surface area (Å²) in [5.74, 6) is 0. The van der Waals surface area contributed by atoms with E-state index in [0.717, 1.165) is 17.9 Å². The summed E-state index contributed by atoms with van der Waals surface area (Å²) in [6.45, 7) is 4.33. The van der Waals surface area contributed by atoms with E-state index >= 15 is 0 Å². The molecule has 2 rings (SSSR count). The minimum atomic E-state index is 0.0610. The van der Waals surface area contributed by atoms with Gasteiger partial charge in [0.25, 0.3) is 0 Å². The van der Waals surface area contributed by atoms with Crippen molar-refractivity contribution in [2.24, 2.45) is 4.99 Å². The van der Waals surface area contributed by atoms with Crippen molar-refractivity contribution in [1.29, 1.82) is 0 Å². The lowest BCUT2D eigenvalue weighted by Crippen LogP contribution is -2.15. The predicted octanol–water partition coefficient (Wildman–Crippen LogP) is 3.48. The highest BCUT2D eigenvalue weighted by Gasteiger charge is 2.18. The molecule has 0 saturated carbocycles. The van der Waals surface area contributed by atoms with Gasteiger partial charge in [-0.15, -0.1) is 0 Å². The maximum absolute atomic E-state index is 5.94. The summed E-state index contributed by atoms with van der Waals surface area (Å²) >= 11 is 5.94. The first kappa shape index (κ1) is 9.72. The van der Waals surface area contributed by atoms with E-state index < -0.39 is 0 Å². The molecule has 1 aromatic rings. The largest absolute Gasteiger partial charge is 0.286 e. The number of benzene rings is 1. The van der Waals surface area contributed by atoms with Crippen molar-refractivity contribution in [3.05, 3.63) is 34.3 Å². The van der Waals surface area contributed by atoms with Crippen LogP contribution in [0.1, 0.15) is 31.4 Å². The zero-order valence-corrected chi connectivity index (χ0v) is 9.30.